The normalized spacial score (nSPS) is 11.9. The highest BCUT2D eigenvalue weighted by atomic mass is 16.3. The van der Waals surface area contributed by atoms with Crippen LogP contribution in [0.25, 0.3) is 93.2 Å². The molecular formula is C44H27NO. The first-order chi connectivity index (χ1) is 22.8. The maximum atomic E-state index is 6.71. The van der Waals surface area contributed by atoms with Crippen molar-refractivity contribution in [1.29, 1.82) is 0 Å². The van der Waals surface area contributed by atoms with Crippen LogP contribution in [0.1, 0.15) is 0 Å². The molecule has 0 saturated heterocycles. The van der Waals surface area contributed by atoms with E-state index in [4.69, 9.17) is 4.42 Å². The van der Waals surface area contributed by atoms with Gasteiger partial charge in [0.2, 0.25) is 0 Å². The zero-order valence-corrected chi connectivity index (χ0v) is 24.9. The van der Waals surface area contributed by atoms with Gasteiger partial charge in [-0.1, -0.05) is 121 Å². The van der Waals surface area contributed by atoms with Crippen LogP contribution in [0.15, 0.2) is 168 Å². The molecule has 0 unspecified atom stereocenters. The molecule has 0 spiro atoms. The quantitative estimate of drug-likeness (QED) is 0.202. The summed E-state index contributed by atoms with van der Waals surface area (Å²) in [4.78, 5) is 0. The van der Waals surface area contributed by atoms with Crippen molar-refractivity contribution >= 4 is 65.3 Å². The molecule has 2 heteroatoms. The van der Waals surface area contributed by atoms with Crippen LogP contribution in [0.3, 0.4) is 0 Å². The molecule has 0 atom stereocenters. The lowest BCUT2D eigenvalue weighted by molar-refractivity contribution is 0.664. The first kappa shape index (κ1) is 25.2. The third-order valence-electron chi connectivity index (χ3n) is 9.58. The summed E-state index contributed by atoms with van der Waals surface area (Å²) in [5.41, 5.74) is 10.1. The summed E-state index contributed by atoms with van der Waals surface area (Å²) in [5.74, 6) is 0. The van der Waals surface area contributed by atoms with Gasteiger partial charge in [-0.05, 0) is 80.9 Å². The van der Waals surface area contributed by atoms with E-state index >= 15 is 0 Å². The lowest BCUT2D eigenvalue weighted by Gasteiger charge is -2.13. The van der Waals surface area contributed by atoms with Crippen molar-refractivity contribution in [2.75, 3.05) is 0 Å². The summed E-state index contributed by atoms with van der Waals surface area (Å²) >= 11 is 0. The lowest BCUT2D eigenvalue weighted by Crippen LogP contribution is -1.96. The van der Waals surface area contributed by atoms with Crippen LogP contribution >= 0.6 is 0 Å². The van der Waals surface area contributed by atoms with Crippen molar-refractivity contribution in [2.24, 2.45) is 0 Å². The van der Waals surface area contributed by atoms with Crippen LogP contribution in [0.5, 0.6) is 0 Å². The highest BCUT2D eigenvalue weighted by molar-refractivity contribution is 6.24. The second-order valence-corrected chi connectivity index (χ2v) is 12.1. The molecule has 8 aromatic carbocycles. The van der Waals surface area contributed by atoms with E-state index in [1.165, 1.54) is 60.2 Å². The van der Waals surface area contributed by atoms with Crippen molar-refractivity contribution in [3.8, 4) is 27.9 Å². The van der Waals surface area contributed by atoms with Crippen LogP contribution < -0.4 is 0 Å². The summed E-state index contributed by atoms with van der Waals surface area (Å²) in [6.45, 7) is 0. The fourth-order valence-corrected chi connectivity index (χ4v) is 7.50. The highest BCUT2D eigenvalue weighted by Gasteiger charge is 2.19. The van der Waals surface area contributed by atoms with Crippen LogP contribution in [0.2, 0.25) is 0 Å². The predicted molar refractivity (Wildman–Crippen MR) is 194 cm³/mol. The van der Waals surface area contributed by atoms with E-state index in [1.807, 2.05) is 0 Å². The number of fused-ring (bicyclic) bond motifs is 4. The number of hydrogen-bond donors (Lipinski definition) is 0. The molecule has 46 heavy (non-hydrogen) atoms. The lowest BCUT2D eigenvalue weighted by atomic mass is 9.99. The Morgan fingerprint density at radius 3 is 1.54 bits per heavy atom. The van der Waals surface area contributed by atoms with E-state index in [9.17, 15) is 0 Å². The maximum absolute atomic E-state index is 6.71. The van der Waals surface area contributed by atoms with E-state index in [0.717, 1.165) is 33.0 Å². The molecule has 0 aliphatic heterocycles. The Morgan fingerprint density at radius 1 is 0.348 bits per heavy atom. The largest absolute Gasteiger partial charge is 0.456 e. The molecule has 2 aromatic heterocycles. The molecule has 0 amide bonds. The monoisotopic (exact) mass is 585 g/mol. The van der Waals surface area contributed by atoms with E-state index in [1.54, 1.807) is 0 Å². The molecule has 0 aliphatic carbocycles. The van der Waals surface area contributed by atoms with Gasteiger partial charge in [-0.25, -0.2) is 0 Å². The molecule has 0 saturated carbocycles. The molecule has 0 bridgehead atoms. The van der Waals surface area contributed by atoms with Gasteiger partial charge in [-0.3, -0.25) is 0 Å². The fourth-order valence-electron chi connectivity index (χ4n) is 7.50. The highest BCUT2D eigenvalue weighted by Crippen LogP contribution is 2.42. The molecule has 2 nitrogen and oxygen atoms in total. The van der Waals surface area contributed by atoms with Crippen LogP contribution in [-0.2, 0) is 0 Å². The average Bonchev–Trinajstić information content (AvgIpc) is 3.37. The number of benzene rings is 8. The van der Waals surface area contributed by atoms with Crippen molar-refractivity contribution in [2.45, 2.75) is 0 Å². The Morgan fingerprint density at radius 2 is 0.891 bits per heavy atom. The second kappa shape index (κ2) is 9.69. The van der Waals surface area contributed by atoms with Crippen molar-refractivity contribution < 1.29 is 4.42 Å². The van der Waals surface area contributed by atoms with Crippen LogP contribution in [0.4, 0.5) is 0 Å². The summed E-state index contributed by atoms with van der Waals surface area (Å²) in [6.07, 6.45) is 0. The fraction of sp³-hybridized carbons (Fsp3) is 0. The molecule has 0 N–H and O–H groups in total. The summed E-state index contributed by atoms with van der Waals surface area (Å²) < 4.78 is 9.15. The Hall–Kier alpha value is -6.12. The number of hydrogen-bond acceptors (Lipinski definition) is 1. The smallest absolute Gasteiger partial charge is 0.136 e. The Bertz CT molecular complexity index is 2680. The van der Waals surface area contributed by atoms with Gasteiger partial charge in [0.05, 0.1) is 16.7 Å². The zero-order valence-electron chi connectivity index (χ0n) is 24.9. The SMILES string of the molecule is c1ccc(-c2ccc3c(c2)c2cc(-c4ccccc4)ccc2n3-c2ccc3oc4cccc5cccc(c6cccc2c36)c54)cc1. The first-order valence-corrected chi connectivity index (χ1v) is 15.8. The minimum absolute atomic E-state index is 0.886. The minimum atomic E-state index is 0.886. The van der Waals surface area contributed by atoms with Crippen LogP contribution in [0, 0.1) is 0 Å². The van der Waals surface area contributed by atoms with Gasteiger partial charge in [0.1, 0.15) is 11.2 Å². The van der Waals surface area contributed by atoms with Crippen molar-refractivity contribution in [3.05, 3.63) is 164 Å². The van der Waals surface area contributed by atoms with Gasteiger partial charge < -0.3 is 8.98 Å². The zero-order chi connectivity index (χ0) is 30.2. The maximum Gasteiger partial charge on any atom is 0.136 e. The number of aromatic nitrogens is 1. The standard InChI is InChI=1S/C44H27NO/c1-3-10-28(11-4-1)31-20-22-39-36(26-31)37-27-32(29-12-5-2-6-13-29)21-23-40(37)45(39)38-24-25-42-44-34(17-9-18-35(38)44)33-16-7-14-30-15-8-19-41(46-42)43(30)33/h1-27H. The van der Waals surface area contributed by atoms with E-state index in [-0.39, 0.29) is 0 Å². The molecule has 214 valence electrons. The van der Waals surface area contributed by atoms with E-state index < -0.39 is 0 Å². The predicted octanol–water partition coefficient (Wildman–Crippen LogP) is 12.3. The van der Waals surface area contributed by atoms with Gasteiger partial charge in [0.15, 0.2) is 0 Å². The molecular weight excluding hydrogens is 558 g/mol. The Balaban J connectivity index is 1.33. The van der Waals surface area contributed by atoms with E-state index in [2.05, 4.69) is 168 Å². The molecule has 0 aliphatic rings. The summed E-state index contributed by atoms with van der Waals surface area (Å²) in [7, 11) is 0. The van der Waals surface area contributed by atoms with Gasteiger partial charge in [0, 0.05) is 26.9 Å². The van der Waals surface area contributed by atoms with Gasteiger partial charge in [-0.15, -0.1) is 0 Å². The summed E-state index contributed by atoms with van der Waals surface area (Å²) in [6, 6.07) is 59.0. The third-order valence-corrected chi connectivity index (χ3v) is 9.58. The van der Waals surface area contributed by atoms with Gasteiger partial charge in [0.25, 0.3) is 0 Å². The van der Waals surface area contributed by atoms with Gasteiger partial charge >= 0.3 is 0 Å². The topological polar surface area (TPSA) is 18.1 Å². The third kappa shape index (κ3) is 3.65. The Labute approximate surface area is 265 Å². The molecule has 0 radical (unpaired) electrons. The van der Waals surface area contributed by atoms with Crippen LogP contribution in [-0.4, -0.2) is 4.57 Å². The molecule has 10 rings (SSSR count). The average molecular weight is 586 g/mol. The van der Waals surface area contributed by atoms with E-state index in [0.29, 0.717) is 0 Å². The molecule has 10 aromatic rings. The molecule has 2 heterocycles. The first-order valence-electron chi connectivity index (χ1n) is 15.8. The number of nitrogens with zero attached hydrogens (tertiary/aromatic N) is 1. The van der Waals surface area contributed by atoms with Gasteiger partial charge in [-0.2, -0.15) is 0 Å². The summed E-state index contributed by atoms with van der Waals surface area (Å²) in [5, 5.41) is 9.53. The molecule has 0 fully saturated rings. The minimum Gasteiger partial charge on any atom is -0.456 e. The van der Waals surface area contributed by atoms with Crippen molar-refractivity contribution in [1.82, 2.24) is 4.57 Å². The van der Waals surface area contributed by atoms with Crippen molar-refractivity contribution in [3.63, 3.8) is 0 Å². The Kier molecular flexibility index (Phi) is 5.31. The number of rotatable bonds is 3. The second-order valence-electron chi connectivity index (χ2n) is 12.1.